The molecule has 1 aliphatic rings. The molecule has 0 bridgehead atoms. The Hall–Kier alpha value is -1.91. The van der Waals surface area contributed by atoms with Crippen molar-refractivity contribution in [2.75, 3.05) is 25.3 Å². The third-order valence-electron chi connectivity index (χ3n) is 3.94. The third kappa shape index (κ3) is 3.92. The molecule has 9 nitrogen and oxygen atoms in total. The van der Waals surface area contributed by atoms with Gasteiger partial charge in [-0.2, -0.15) is 10.1 Å². The van der Waals surface area contributed by atoms with E-state index < -0.39 is 15.0 Å². The minimum Gasteiger partial charge on any atom is -0.490 e. The number of aryl methyl sites for hydroxylation is 1. The van der Waals surface area contributed by atoms with Gasteiger partial charge in [-0.3, -0.25) is 0 Å². The lowest BCUT2D eigenvalue weighted by Gasteiger charge is -2.23. The van der Waals surface area contributed by atoms with E-state index in [1.54, 1.807) is 4.68 Å². The molecule has 0 aliphatic carbocycles. The van der Waals surface area contributed by atoms with Crippen LogP contribution in [0.3, 0.4) is 0 Å². The van der Waals surface area contributed by atoms with Crippen LogP contribution in [0.5, 0.6) is 5.75 Å². The summed E-state index contributed by atoms with van der Waals surface area (Å²) < 4.78 is 36.3. The number of sulfone groups is 1. The summed E-state index contributed by atoms with van der Waals surface area (Å²) in [4.78, 5) is 7.79. The molecule has 26 heavy (non-hydrogen) atoms. The van der Waals surface area contributed by atoms with Crippen LogP contribution in [0.4, 0.5) is 11.6 Å². The number of methoxy groups -OCH3 is 1. The summed E-state index contributed by atoms with van der Waals surface area (Å²) in [6.07, 6.45) is 3.92. The first kappa shape index (κ1) is 18.9. The summed E-state index contributed by atoms with van der Waals surface area (Å²) in [5, 5.41) is 6.97. The Kier molecular flexibility index (Phi) is 5.35. The monoisotopic (exact) mass is 401 g/mol. The normalized spacial score (nSPS) is 17.9. The average molecular weight is 402 g/mol. The largest absolute Gasteiger partial charge is 0.490 e. The molecule has 1 saturated heterocycles. The van der Waals surface area contributed by atoms with Crippen LogP contribution in [0.2, 0.25) is 5.15 Å². The van der Waals surface area contributed by atoms with Crippen LogP contribution in [0.1, 0.15) is 31.2 Å². The first-order chi connectivity index (χ1) is 12.3. The van der Waals surface area contributed by atoms with E-state index in [0.29, 0.717) is 12.4 Å². The molecule has 2 aromatic rings. The van der Waals surface area contributed by atoms with Crippen LogP contribution in [-0.4, -0.2) is 48.1 Å². The number of nitrogens with one attached hydrogen (secondary N) is 1. The number of nitrogens with zero attached hydrogens (tertiary/aromatic N) is 4. The Morgan fingerprint density at radius 1 is 1.38 bits per heavy atom. The number of halogens is 1. The maximum Gasteiger partial charge on any atom is 0.250 e. The molecule has 1 N–H and O–H groups in total. The highest BCUT2D eigenvalue weighted by atomic mass is 35.5. The quantitative estimate of drug-likeness (QED) is 0.601. The van der Waals surface area contributed by atoms with E-state index >= 15 is 0 Å². The third-order valence-corrected chi connectivity index (χ3v) is 5.04. The van der Waals surface area contributed by atoms with Gasteiger partial charge in [0.1, 0.15) is 0 Å². The number of hydrogen-bond donors (Lipinski definition) is 1. The van der Waals surface area contributed by atoms with Crippen LogP contribution in [-0.2, 0) is 14.6 Å². The van der Waals surface area contributed by atoms with Gasteiger partial charge in [0.25, 0.3) is 0 Å². The fourth-order valence-corrected chi connectivity index (χ4v) is 3.52. The number of hydrogen-bond acceptors (Lipinski definition) is 8. The Labute approximate surface area is 156 Å². The van der Waals surface area contributed by atoms with Crippen LogP contribution in [0.25, 0.3) is 0 Å². The van der Waals surface area contributed by atoms with Crippen molar-refractivity contribution in [2.24, 2.45) is 0 Å². The summed E-state index contributed by atoms with van der Waals surface area (Å²) >= 11 is 6.04. The second kappa shape index (κ2) is 7.37. The molecule has 0 spiro atoms. The van der Waals surface area contributed by atoms with E-state index in [-0.39, 0.29) is 22.9 Å². The van der Waals surface area contributed by atoms with Crippen molar-refractivity contribution in [1.29, 1.82) is 0 Å². The molecule has 3 rings (SSSR count). The zero-order valence-electron chi connectivity index (χ0n) is 14.7. The van der Waals surface area contributed by atoms with Crippen molar-refractivity contribution in [1.82, 2.24) is 19.7 Å². The van der Waals surface area contributed by atoms with Crippen molar-refractivity contribution >= 4 is 33.1 Å². The van der Waals surface area contributed by atoms with E-state index in [9.17, 15) is 8.42 Å². The SMILES string of the molecule is COc1c(Cl)nc(S(C)(=O)=O)nc1Nc1cc(C)n(C2CCCCO2)n1. The molecule has 1 fully saturated rings. The fraction of sp³-hybridized carbons (Fsp3) is 0.533. The molecular formula is C15H20ClN5O4S. The average Bonchev–Trinajstić information content (AvgIpc) is 2.95. The van der Waals surface area contributed by atoms with Crippen LogP contribution in [0, 0.1) is 6.92 Å². The van der Waals surface area contributed by atoms with Crippen molar-refractivity contribution in [3.05, 3.63) is 16.9 Å². The zero-order chi connectivity index (χ0) is 18.9. The second-order valence-electron chi connectivity index (χ2n) is 6.01. The molecule has 2 aromatic heterocycles. The van der Waals surface area contributed by atoms with Gasteiger partial charge in [0.15, 0.2) is 28.8 Å². The molecule has 0 aromatic carbocycles. The summed E-state index contributed by atoms with van der Waals surface area (Å²) in [7, 11) is -2.23. The number of aromatic nitrogens is 4. The topological polar surface area (TPSA) is 108 Å². The Morgan fingerprint density at radius 2 is 2.15 bits per heavy atom. The number of rotatable bonds is 5. The minimum absolute atomic E-state index is 0.0998. The molecule has 0 saturated carbocycles. The Balaban J connectivity index is 1.94. The van der Waals surface area contributed by atoms with Gasteiger partial charge in [-0.05, 0) is 26.2 Å². The van der Waals surface area contributed by atoms with Crippen molar-refractivity contribution in [2.45, 2.75) is 37.6 Å². The number of ether oxygens (including phenoxy) is 2. The van der Waals surface area contributed by atoms with Crippen LogP contribution >= 0.6 is 11.6 Å². The maximum atomic E-state index is 11.8. The van der Waals surface area contributed by atoms with Gasteiger partial charge in [0, 0.05) is 24.6 Å². The van der Waals surface area contributed by atoms with E-state index in [1.807, 2.05) is 13.0 Å². The predicted molar refractivity (Wildman–Crippen MR) is 95.8 cm³/mol. The van der Waals surface area contributed by atoms with Crippen LogP contribution < -0.4 is 10.1 Å². The highest BCUT2D eigenvalue weighted by molar-refractivity contribution is 7.90. The molecule has 1 atom stereocenters. The smallest absolute Gasteiger partial charge is 0.250 e. The molecule has 0 amide bonds. The zero-order valence-corrected chi connectivity index (χ0v) is 16.3. The summed E-state index contributed by atoms with van der Waals surface area (Å²) in [5.41, 5.74) is 0.904. The molecule has 1 aliphatic heterocycles. The van der Waals surface area contributed by atoms with Gasteiger partial charge in [-0.1, -0.05) is 11.6 Å². The first-order valence-electron chi connectivity index (χ1n) is 8.06. The van der Waals surface area contributed by atoms with Crippen molar-refractivity contribution < 1.29 is 17.9 Å². The Bertz CT molecular complexity index is 909. The van der Waals surface area contributed by atoms with E-state index in [0.717, 1.165) is 31.2 Å². The van der Waals surface area contributed by atoms with Gasteiger partial charge < -0.3 is 14.8 Å². The van der Waals surface area contributed by atoms with Gasteiger partial charge in [0.2, 0.25) is 15.0 Å². The molecule has 1 unspecified atom stereocenters. The highest BCUT2D eigenvalue weighted by Gasteiger charge is 2.22. The molecule has 142 valence electrons. The van der Waals surface area contributed by atoms with E-state index in [4.69, 9.17) is 21.1 Å². The lowest BCUT2D eigenvalue weighted by molar-refractivity contribution is -0.0404. The minimum atomic E-state index is -3.63. The molecule has 0 radical (unpaired) electrons. The summed E-state index contributed by atoms with van der Waals surface area (Å²) in [5.74, 6) is 0.742. The Morgan fingerprint density at radius 3 is 2.77 bits per heavy atom. The van der Waals surface area contributed by atoms with Gasteiger partial charge in [0.05, 0.1) is 7.11 Å². The van der Waals surface area contributed by atoms with Gasteiger partial charge >= 0.3 is 0 Å². The summed E-state index contributed by atoms with van der Waals surface area (Å²) in [6, 6.07) is 1.81. The van der Waals surface area contributed by atoms with Crippen molar-refractivity contribution in [3.8, 4) is 5.75 Å². The lowest BCUT2D eigenvalue weighted by atomic mass is 10.2. The fourth-order valence-electron chi connectivity index (χ4n) is 2.71. The number of anilines is 2. The maximum absolute atomic E-state index is 11.8. The van der Waals surface area contributed by atoms with Gasteiger partial charge in [-0.15, -0.1) is 0 Å². The van der Waals surface area contributed by atoms with E-state index in [1.165, 1.54) is 7.11 Å². The lowest BCUT2D eigenvalue weighted by Crippen LogP contribution is -2.20. The first-order valence-corrected chi connectivity index (χ1v) is 10.3. The van der Waals surface area contributed by atoms with Crippen LogP contribution in [0.15, 0.2) is 11.2 Å². The van der Waals surface area contributed by atoms with Crippen molar-refractivity contribution in [3.63, 3.8) is 0 Å². The summed E-state index contributed by atoms with van der Waals surface area (Å²) in [6.45, 7) is 2.63. The highest BCUT2D eigenvalue weighted by Crippen LogP contribution is 2.33. The van der Waals surface area contributed by atoms with Gasteiger partial charge in [-0.25, -0.2) is 18.1 Å². The van der Waals surface area contributed by atoms with E-state index in [2.05, 4.69) is 20.4 Å². The second-order valence-corrected chi connectivity index (χ2v) is 8.28. The molecule has 3 heterocycles. The predicted octanol–water partition coefficient (Wildman–Crippen LogP) is 2.49. The molecular weight excluding hydrogens is 382 g/mol. The molecule has 11 heteroatoms. The standard InChI is InChI=1S/C15H20ClN5O4S/c1-9-8-10(20-21(9)11-6-4-5-7-25-11)17-14-12(24-2)13(16)18-15(19-14)26(3,22)23/h8,11H,4-7H2,1-3H3,(H,17,18,19,20).